The van der Waals surface area contributed by atoms with Gasteiger partial charge in [-0.15, -0.1) is 0 Å². The van der Waals surface area contributed by atoms with Gasteiger partial charge in [0.25, 0.3) is 0 Å². The maximum atomic E-state index is 11.0. The van der Waals surface area contributed by atoms with Crippen LogP contribution in [0.4, 0.5) is 0 Å². The molecule has 2 N–H and O–H groups in total. The Balaban J connectivity index is 1.51. The number of aliphatic hydroxyl groups excluding tert-OH is 1. The Labute approximate surface area is 165 Å². The molecule has 0 bridgehead atoms. The van der Waals surface area contributed by atoms with Gasteiger partial charge in [0.2, 0.25) is 0 Å². The summed E-state index contributed by atoms with van der Waals surface area (Å²) in [5.41, 5.74) is 0.882. The smallest absolute Gasteiger partial charge is 0.303 e. The van der Waals surface area contributed by atoms with Crippen LogP contribution < -0.4 is 0 Å². The quantitative estimate of drug-likeness (QED) is 0.680. The van der Waals surface area contributed by atoms with Crippen LogP contribution in [-0.4, -0.2) is 22.3 Å². The van der Waals surface area contributed by atoms with E-state index < -0.39 is 5.97 Å². The van der Waals surface area contributed by atoms with Crippen molar-refractivity contribution in [2.24, 2.45) is 46.3 Å². The maximum Gasteiger partial charge on any atom is 0.303 e. The van der Waals surface area contributed by atoms with Crippen LogP contribution in [0.1, 0.15) is 91.4 Å². The van der Waals surface area contributed by atoms with Crippen molar-refractivity contribution in [3.8, 4) is 0 Å². The van der Waals surface area contributed by atoms with Gasteiger partial charge in [-0.05, 0) is 111 Å². The molecule has 0 heterocycles. The van der Waals surface area contributed by atoms with Crippen molar-refractivity contribution in [3.05, 3.63) is 0 Å². The van der Waals surface area contributed by atoms with Gasteiger partial charge in [-0.2, -0.15) is 0 Å². The van der Waals surface area contributed by atoms with Crippen molar-refractivity contribution in [2.45, 2.75) is 97.5 Å². The molecule has 4 aliphatic carbocycles. The van der Waals surface area contributed by atoms with E-state index in [0.29, 0.717) is 29.1 Å². The van der Waals surface area contributed by atoms with Crippen molar-refractivity contribution in [2.75, 3.05) is 0 Å². The summed E-state index contributed by atoms with van der Waals surface area (Å²) in [6, 6.07) is 0. The van der Waals surface area contributed by atoms with E-state index in [0.717, 1.165) is 42.9 Å². The molecule has 4 rings (SSSR count). The highest BCUT2D eigenvalue weighted by Gasteiger charge is 2.60. The third kappa shape index (κ3) is 3.16. The number of carboxylic acids is 1. The summed E-state index contributed by atoms with van der Waals surface area (Å²) in [4.78, 5) is 11.0. The van der Waals surface area contributed by atoms with Crippen LogP contribution in [0.2, 0.25) is 0 Å². The van der Waals surface area contributed by atoms with E-state index in [1.54, 1.807) is 0 Å². The monoisotopic (exact) mass is 376 g/mol. The summed E-state index contributed by atoms with van der Waals surface area (Å²) >= 11 is 0. The normalized spacial score (nSPS) is 50.4. The van der Waals surface area contributed by atoms with E-state index in [2.05, 4.69) is 20.8 Å². The van der Waals surface area contributed by atoms with Gasteiger partial charge in [0, 0.05) is 6.42 Å². The van der Waals surface area contributed by atoms with Crippen LogP contribution in [0.5, 0.6) is 0 Å². The summed E-state index contributed by atoms with van der Waals surface area (Å²) in [6.07, 6.45) is 12.4. The Morgan fingerprint density at radius 1 is 1.00 bits per heavy atom. The van der Waals surface area contributed by atoms with E-state index in [1.165, 1.54) is 44.9 Å². The van der Waals surface area contributed by atoms with Crippen molar-refractivity contribution >= 4 is 5.97 Å². The van der Waals surface area contributed by atoms with E-state index in [1.807, 2.05) is 0 Å². The van der Waals surface area contributed by atoms with Gasteiger partial charge in [-0.25, -0.2) is 0 Å². The first-order chi connectivity index (χ1) is 12.8. The molecule has 0 aromatic carbocycles. The Morgan fingerprint density at radius 3 is 2.44 bits per heavy atom. The Kier molecular flexibility index (Phi) is 5.15. The predicted molar refractivity (Wildman–Crippen MR) is 107 cm³/mol. The molecule has 154 valence electrons. The standard InChI is InChI=1S/C24H40O3/c1-15(4-9-22(26)27)19-7-8-20-18-6-5-16-14-17(25)10-12-23(16,2)21(18)11-13-24(19,20)3/h15-21,25H,4-14H2,1-3H3,(H,26,27)/t15?,16-,17?,18+,19?,20+,21+,23+,24-/m1/s1. The Morgan fingerprint density at radius 2 is 1.70 bits per heavy atom. The van der Waals surface area contributed by atoms with Gasteiger partial charge >= 0.3 is 5.97 Å². The molecule has 9 atom stereocenters. The lowest BCUT2D eigenvalue weighted by Crippen LogP contribution is -2.54. The minimum atomic E-state index is -0.643. The number of fused-ring (bicyclic) bond motifs is 5. The summed E-state index contributed by atoms with van der Waals surface area (Å²) < 4.78 is 0. The highest BCUT2D eigenvalue weighted by Crippen LogP contribution is 2.68. The molecule has 0 radical (unpaired) electrons. The summed E-state index contributed by atoms with van der Waals surface area (Å²) in [5, 5.41) is 19.3. The molecule has 3 unspecified atom stereocenters. The van der Waals surface area contributed by atoms with E-state index in [9.17, 15) is 9.90 Å². The molecule has 4 saturated carbocycles. The lowest BCUT2D eigenvalue weighted by Gasteiger charge is -2.61. The number of hydrogen-bond donors (Lipinski definition) is 2. The molecule has 27 heavy (non-hydrogen) atoms. The lowest BCUT2D eigenvalue weighted by atomic mass is 9.44. The number of carbonyl (C=O) groups is 1. The first-order valence-corrected chi connectivity index (χ1v) is 11.7. The SMILES string of the molecule is CC(CCC(=O)O)C1CC[C@H]2[C@@H]3CC[C@@H]4CC(O)CC[C@]4(C)[C@H]3CC[C@]12C. The van der Waals surface area contributed by atoms with Crippen LogP contribution in [0, 0.1) is 46.3 Å². The first kappa shape index (κ1) is 19.7. The van der Waals surface area contributed by atoms with Crippen LogP contribution in [0.15, 0.2) is 0 Å². The zero-order valence-electron chi connectivity index (χ0n) is 17.6. The molecule has 0 aliphatic heterocycles. The van der Waals surface area contributed by atoms with Gasteiger partial charge in [0.15, 0.2) is 0 Å². The average molecular weight is 377 g/mol. The first-order valence-electron chi connectivity index (χ1n) is 11.7. The van der Waals surface area contributed by atoms with Crippen LogP contribution in [-0.2, 0) is 4.79 Å². The van der Waals surface area contributed by atoms with Crippen molar-refractivity contribution in [1.29, 1.82) is 0 Å². The molecule has 3 heteroatoms. The van der Waals surface area contributed by atoms with Gasteiger partial charge in [-0.3, -0.25) is 4.79 Å². The second-order valence-electron chi connectivity index (χ2n) is 11.2. The average Bonchev–Trinajstić information content (AvgIpc) is 2.97. The molecule has 0 aromatic rings. The highest BCUT2D eigenvalue weighted by molar-refractivity contribution is 5.66. The van der Waals surface area contributed by atoms with Crippen molar-refractivity contribution in [3.63, 3.8) is 0 Å². The third-order valence-electron chi connectivity index (χ3n) is 10.2. The fourth-order valence-corrected chi connectivity index (χ4v) is 8.76. The highest BCUT2D eigenvalue weighted by atomic mass is 16.4. The molecule has 3 nitrogen and oxygen atoms in total. The predicted octanol–water partition coefficient (Wildman–Crippen LogP) is 5.51. The largest absolute Gasteiger partial charge is 0.481 e. The fraction of sp³-hybridized carbons (Fsp3) is 0.958. The van der Waals surface area contributed by atoms with E-state index >= 15 is 0 Å². The molecule has 0 aromatic heterocycles. The lowest BCUT2D eigenvalue weighted by molar-refractivity contribution is -0.138. The second kappa shape index (κ2) is 7.04. The topological polar surface area (TPSA) is 57.5 Å². The zero-order chi connectivity index (χ0) is 19.4. The maximum absolute atomic E-state index is 11.0. The zero-order valence-corrected chi connectivity index (χ0v) is 17.6. The van der Waals surface area contributed by atoms with Crippen molar-refractivity contribution < 1.29 is 15.0 Å². The van der Waals surface area contributed by atoms with Crippen LogP contribution >= 0.6 is 0 Å². The van der Waals surface area contributed by atoms with Crippen LogP contribution in [0.3, 0.4) is 0 Å². The molecule has 4 aliphatic rings. The van der Waals surface area contributed by atoms with Crippen LogP contribution in [0.25, 0.3) is 0 Å². The summed E-state index contributed by atoms with van der Waals surface area (Å²) in [6.45, 7) is 7.43. The second-order valence-corrected chi connectivity index (χ2v) is 11.2. The molecular weight excluding hydrogens is 336 g/mol. The molecule has 0 spiro atoms. The van der Waals surface area contributed by atoms with E-state index in [-0.39, 0.29) is 6.10 Å². The number of hydrogen-bond acceptors (Lipinski definition) is 2. The number of aliphatic carboxylic acids is 1. The van der Waals surface area contributed by atoms with Gasteiger partial charge in [0.1, 0.15) is 0 Å². The Hall–Kier alpha value is -0.570. The van der Waals surface area contributed by atoms with Crippen molar-refractivity contribution in [1.82, 2.24) is 0 Å². The van der Waals surface area contributed by atoms with Gasteiger partial charge in [-0.1, -0.05) is 20.8 Å². The minimum absolute atomic E-state index is 0.0561. The molecule has 0 saturated heterocycles. The number of aliphatic hydroxyl groups is 1. The van der Waals surface area contributed by atoms with Gasteiger partial charge < -0.3 is 10.2 Å². The third-order valence-corrected chi connectivity index (χ3v) is 10.2. The minimum Gasteiger partial charge on any atom is -0.481 e. The summed E-state index contributed by atoms with van der Waals surface area (Å²) in [5.74, 6) is 3.91. The summed E-state index contributed by atoms with van der Waals surface area (Å²) in [7, 11) is 0. The van der Waals surface area contributed by atoms with Gasteiger partial charge in [0.05, 0.1) is 6.10 Å². The fourth-order valence-electron chi connectivity index (χ4n) is 8.76. The Bertz CT molecular complexity index is 574. The number of rotatable bonds is 4. The van der Waals surface area contributed by atoms with E-state index in [4.69, 9.17) is 5.11 Å². The molecule has 4 fully saturated rings. The molecule has 0 amide bonds. The molecular formula is C24H40O3. The number of carboxylic acid groups (broad SMARTS) is 1.